The molecule has 0 bridgehead atoms. The van der Waals surface area contributed by atoms with Crippen LogP contribution < -0.4 is 10.0 Å². The van der Waals surface area contributed by atoms with Crippen LogP contribution in [0.4, 0.5) is 0 Å². The third-order valence-electron chi connectivity index (χ3n) is 5.45. The Morgan fingerprint density at radius 2 is 2.00 bits per heavy atom. The Bertz CT molecular complexity index is 808. The van der Waals surface area contributed by atoms with Crippen molar-refractivity contribution in [1.82, 2.24) is 14.9 Å². The maximum absolute atomic E-state index is 12.3. The predicted octanol–water partition coefficient (Wildman–Crippen LogP) is 2.32. The van der Waals surface area contributed by atoms with E-state index in [-0.39, 0.29) is 41.2 Å². The van der Waals surface area contributed by atoms with Gasteiger partial charge >= 0.3 is 0 Å². The SMILES string of the molecule is CN=C(NCc1ccccc1CS(=O)(=O)NC(C)C)N1CCC2(CCOC2)C1.I. The van der Waals surface area contributed by atoms with Gasteiger partial charge in [0.1, 0.15) is 0 Å². The number of nitrogens with zero attached hydrogens (tertiary/aromatic N) is 2. The molecule has 1 unspecified atom stereocenters. The van der Waals surface area contributed by atoms with E-state index in [1.54, 1.807) is 7.05 Å². The second-order valence-corrected chi connectivity index (χ2v) is 9.93. The number of ether oxygens (including phenoxy) is 1. The number of aliphatic imine (C=N–C) groups is 1. The molecule has 1 spiro atoms. The molecule has 2 fully saturated rings. The van der Waals surface area contributed by atoms with E-state index in [2.05, 4.69) is 19.9 Å². The molecule has 0 amide bonds. The van der Waals surface area contributed by atoms with Crippen molar-refractivity contribution in [2.24, 2.45) is 10.4 Å². The molecule has 29 heavy (non-hydrogen) atoms. The van der Waals surface area contributed by atoms with E-state index in [1.165, 1.54) is 0 Å². The smallest absolute Gasteiger partial charge is 0.216 e. The van der Waals surface area contributed by atoms with Gasteiger partial charge in [0.2, 0.25) is 10.0 Å². The van der Waals surface area contributed by atoms with Crippen LogP contribution in [-0.4, -0.2) is 58.7 Å². The van der Waals surface area contributed by atoms with Crippen molar-refractivity contribution in [3.8, 4) is 0 Å². The molecule has 1 atom stereocenters. The number of hydrogen-bond donors (Lipinski definition) is 2. The summed E-state index contributed by atoms with van der Waals surface area (Å²) in [6, 6.07) is 7.54. The number of nitrogens with one attached hydrogen (secondary N) is 2. The molecule has 9 heteroatoms. The Hall–Kier alpha value is -0.910. The average Bonchev–Trinajstić information content (AvgIpc) is 3.26. The van der Waals surface area contributed by atoms with E-state index in [0.717, 1.165) is 56.2 Å². The Balaban J connectivity index is 0.00000300. The summed E-state index contributed by atoms with van der Waals surface area (Å²) in [5.41, 5.74) is 2.04. The zero-order valence-corrected chi connectivity index (χ0v) is 20.6. The number of guanidine groups is 1. The second kappa shape index (κ2) is 10.4. The van der Waals surface area contributed by atoms with Gasteiger partial charge in [-0.05, 0) is 37.8 Å². The lowest BCUT2D eigenvalue weighted by Crippen LogP contribution is -2.41. The van der Waals surface area contributed by atoms with Gasteiger partial charge in [0.15, 0.2) is 5.96 Å². The Morgan fingerprint density at radius 1 is 1.28 bits per heavy atom. The van der Waals surface area contributed by atoms with E-state index in [4.69, 9.17) is 4.74 Å². The number of likely N-dealkylation sites (tertiary alicyclic amines) is 1. The van der Waals surface area contributed by atoms with Gasteiger partial charge in [0.05, 0.1) is 12.4 Å². The summed E-state index contributed by atoms with van der Waals surface area (Å²) < 4.78 is 32.9. The van der Waals surface area contributed by atoms with Crippen molar-refractivity contribution >= 4 is 40.0 Å². The van der Waals surface area contributed by atoms with Gasteiger partial charge in [-0.15, -0.1) is 24.0 Å². The molecule has 0 aromatic heterocycles. The third-order valence-corrected chi connectivity index (χ3v) is 6.97. The van der Waals surface area contributed by atoms with Gasteiger partial charge in [-0.25, -0.2) is 13.1 Å². The lowest BCUT2D eigenvalue weighted by atomic mass is 9.87. The molecule has 0 radical (unpaired) electrons. The van der Waals surface area contributed by atoms with Gasteiger partial charge < -0.3 is 15.0 Å². The molecule has 0 saturated carbocycles. The third kappa shape index (κ3) is 6.53. The number of rotatable bonds is 6. The quantitative estimate of drug-likeness (QED) is 0.332. The van der Waals surface area contributed by atoms with Crippen molar-refractivity contribution in [2.45, 2.75) is 45.0 Å². The highest BCUT2D eigenvalue weighted by atomic mass is 127. The summed E-state index contributed by atoms with van der Waals surface area (Å²) in [5.74, 6) is 0.841. The molecular formula is C20H33IN4O3S. The number of halogens is 1. The van der Waals surface area contributed by atoms with Crippen LogP contribution in [0.25, 0.3) is 0 Å². The first-order valence-corrected chi connectivity index (χ1v) is 11.6. The maximum Gasteiger partial charge on any atom is 0.216 e. The van der Waals surface area contributed by atoms with Crippen LogP contribution in [-0.2, 0) is 27.1 Å². The van der Waals surface area contributed by atoms with Crippen LogP contribution >= 0.6 is 24.0 Å². The zero-order chi connectivity index (χ0) is 20.2. The minimum atomic E-state index is -3.36. The maximum atomic E-state index is 12.3. The molecule has 3 rings (SSSR count). The van der Waals surface area contributed by atoms with Gasteiger partial charge in [-0.3, -0.25) is 4.99 Å². The highest BCUT2D eigenvalue weighted by Gasteiger charge is 2.42. The predicted molar refractivity (Wildman–Crippen MR) is 127 cm³/mol. The molecule has 2 saturated heterocycles. The minimum Gasteiger partial charge on any atom is -0.381 e. The molecule has 1 aromatic rings. The van der Waals surface area contributed by atoms with Crippen LogP contribution in [0.5, 0.6) is 0 Å². The number of benzene rings is 1. The lowest BCUT2D eigenvalue weighted by Gasteiger charge is -2.25. The van der Waals surface area contributed by atoms with E-state index in [9.17, 15) is 8.42 Å². The fourth-order valence-electron chi connectivity index (χ4n) is 4.07. The topological polar surface area (TPSA) is 83.0 Å². The van der Waals surface area contributed by atoms with E-state index in [1.807, 2.05) is 38.1 Å². The summed E-state index contributed by atoms with van der Waals surface area (Å²) in [7, 11) is -1.57. The summed E-state index contributed by atoms with van der Waals surface area (Å²) in [4.78, 5) is 6.73. The lowest BCUT2D eigenvalue weighted by molar-refractivity contribution is 0.156. The van der Waals surface area contributed by atoms with Crippen molar-refractivity contribution in [1.29, 1.82) is 0 Å². The van der Waals surface area contributed by atoms with Gasteiger partial charge in [0, 0.05) is 44.7 Å². The van der Waals surface area contributed by atoms with Crippen LogP contribution in [0.15, 0.2) is 29.3 Å². The van der Waals surface area contributed by atoms with Crippen LogP contribution in [0.1, 0.15) is 37.8 Å². The summed E-state index contributed by atoms with van der Waals surface area (Å²) in [6.45, 7) is 7.81. The van der Waals surface area contributed by atoms with Gasteiger partial charge in [0.25, 0.3) is 0 Å². The fourth-order valence-corrected chi connectivity index (χ4v) is 5.56. The Morgan fingerprint density at radius 3 is 2.62 bits per heavy atom. The van der Waals surface area contributed by atoms with Gasteiger partial charge in [-0.1, -0.05) is 24.3 Å². The van der Waals surface area contributed by atoms with E-state index < -0.39 is 10.0 Å². The molecule has 7 nitrogen and oxygen atoms in total. The van der Waals surface area contributed by atoms with Gasteiger partial charge in [-0.2, -0.15) is 0 Å². The second-order valence-electron chi connectivity index (χ2n) is 8.18. The van der Waals surface area contributed by atoms with Crippen LogP contribution in [0.2, 0.25) is 0 Å². The molecule has 2 aliphatic heterocycles. The van der Waals surface area contributed by atoms with E-state index >= 15 is 0 Å². The number of sulfonamides is 1. The first kappa shape index (κ1) is 24.4. The molecule has 2 heterocycles. The van der Waals surface area contributed by atoms with Crippen molar-refractivity contribution in [3.63, 3.8) is 0 Å². The largest absolute Gasteiger partial charge is 0.381 e. The molecular weight excluding hydrogens is 503 g/mol. The molecule has 1 aromatic carbocycles. The minimum absolute atomic E-state index is 0. The van der Waals surface area contributed by atoms with Crippen molar-refractivity contribution in [3.05, 3.63) is 35.4 Å². The first-order valence-electron chi connectivity index (χ1n) is 9.93. The monoisotopic (exact) mass is 536 g/mol. The van der Waals surface area contributed by atoms with E-state index in [0.29, 0.717) is 6.54 Å². The molecule has 2 aliphatic rings. The molecule has 164 valence electrons. The van der Waals surface area contributed by atoms with Crippen LogP contribution in [0.3, 0.4) is 0 Å². The summed E-state index contributed by atoms with van der Waals surface area (Å²) in [5, 5.41) is 3.42. The molecule has 2 N–H and O–H groups in total. The van der Waals surface area contributed by atoms with Crippen molar-refractivity contribution < 1.29 is 13.2 Å². The standard InChI is InChI=1S/C20H32N4O3S.HI/c1-16(2)23-28(25,26)13-18-7-5-4-6-17(18)12-22-19(21-3)24-10-8-20(14-24)9-11-27-15-20;/h4-7,16,23H,8-15H2,1-3H3,(H,21,22);1H. The van der Waals surface area contributed by atoms with Crippen LogP contribution in [0, 0.1) is 5.41 Å². The normalized spacial score (nSPS) is 22.3. The highest BCUT2D eigenvalue weighted by Crippen LogP contribution is 2.38. The zero-order valence-electron chi connectivity index (χ0n) is 17.5. The Labute approximate surface area is 191 Å². The first-order chi connectivity index (χ1) is 13.3. The molecule has 0 aliphatic carbocycles. The number of hydrogen-bond acceptors (Lipinski definition) is 4. The highest BCUT2D eigenvalue weighted by molar-refractivity contribution is 14.0. The average molecular weight is 536 g/mol. The Kier molecular flexibility index (Phi) is 8.74. The summed E-state index contributed by atoms with van der Waals surface area (Å²) in [6.07, 6.45) is 2.24. The van der Waals surface area contributed by atoms with Crippen molar-refractivity contribution in [2.75, 3.05) is 33.4 Å². The summed E-state index contributed by atoms with van der Waals surface area (Å²) >= 11 is 0. The fraction of sp³-hybridized carbons (Fsp3) is 0.650.